The molecule has 2 rings (SSSR count). The molecule has 0 saturated carbocycles. The minimum absolute atomic E-state index is 0.517. The van der Waals surface area contributed by atoms with Gasteiger partial charge in [0.05, 0.1) is 17.4 Å². The van der Waals surface area contributed by atoms with E-state index < -0.39 is 0 Å². The van der Waals surface area contributed by atoms with Crippen molar-refractivity contribution in [3.63, 3.8) is 0 Å². The van der Waals surface area contributed by atoms with Gasteiger partial charge in [0.15, 0.2) is 0 Å². The molecule has 0 spiro atoms. The lowest BCUT2D eigenvalue weighted by atomic mass is 10.2. The Morgan fingerprint density at radius 2 is 2.25 bits per heavy atom. The van der Waals surface area contributed by atoms with E-state index in [0.29, 0.717) is 5.15 Å². The van der Waals surface area contributed by atoms with Crippen LogP contribution in [0.1, 0.15) is 5.69 Å². The maximum absolute atomic E-state index is 5.80. The van der Waals surface area contributed by atoms with Gasteiger partial charge in [-0.1, -0.05) is 11.6 Å². The van der Waals surface area contributed by atoms with Crippen LogP contribution in [0.25, 0.3) is 10.9 Å². The maximum Gasteiger partial charge on any atom is 0.131 e. The first-order chi connectivity index (χ1) is 5.68. The zero-order valence-electron chi connectivity index (χ0n) is 6.87. The van der Waals surface area contributed by atoms with Crippen LogP contribution >= 0.6 is 11.6 Å². The summed E-state index contributed by atoms with van der Waals surface area (Å²) in [5.41, 5.74) is 1.94. The van der Waals surface area contributed by atoms with Crippen LogP contribution in [0.5, 0.6) is 0 Å². The first kappa shape index (κ1) is 7.55. The van der Waals surface area contributed by atoms with E-state index in [1.165, 1.54) is 0 Å². The van der Waals surface area contributed by atoms with Crippen molar-refractivity contribution in [3.05, 3.63) is 23.1 Å². The average Bonchev–Trinajstić information content (AvgIpc) is 2.33. The lowest BCUT2D eigenvalue weighted by Gasteiger charge is -1.97. The van der Waals surface area contributed by atoms with Crippen LogP contribution in [-0.2, 0) is 7.05 Å². The standard InChI is InChI=1S/C8H8ClN3/c1-5-6-4-10-12(2)7(6)3-8(9)11-5/h3-4H,1-2H3. The maximum atomic E-state index is 5.80. The second-order valence-electron chi connectivity index (χ2n) is 2.73. The van der Waals surface area contributed by atoms with Crippen LogP contribution in [-0.4, -0.2) is 14.8 Å². The van der Waals surface area contributed by atoms with E-state index in [1.807, 2.05) is 20.0 Å². The van der Waals surface area contributed by atoms with Crippen LogP contribution in [0.4, 0.5) is 0 Å². The lowest BCUT2D eigenvalue weighted by molar-refractivity contribution is 0.797. The average molecular weight is 182 g/mol. The largest absolute Gasteiger partial charge is 0.268 e. The summed E-state index contributed by atoms with van der Waals surface area (Å²) in [5.74, 6) is 0. The van der Waals surface area contributed by atoms with Gasteiger partial charge < -0.3 is 0 Å². The first-order valence-corrected chi connectivity index (χ1v) is 4.01. The Labute approximate surface area is 75.0 Å². The molecule has 0 atom stereocenters. The van der Waals surface area contributed by atoms with Crippen molar-refractivity contribution in [3.8, 4) is 0 Å². The topological polar surface area (TPSA) is 30.7 Å². The summed E-state index contributed by atoms with van der Waals surface area (Å²) < 4.78 is 1.79. The van der Waals surface area contributed by atoms with Crippen molar-refractivity contribution in [2.75, 3.05) is 0 Å². The molecule has 3 nitrogen and oxygen atoms in total. The van der Waals surface area contributed by atoms with Crippen molar-refractivity contribution in [2.45, 2.75) is 6.92 Å². The fourth-order valence-corrected chi connectivity index (χ4v) is 1.49. The number of nitrogens with zero attached hydrogens (tertiary/aromatic N) is 3. The molecule has 12 heavy (non-hydrogen) atoms. The zero-order valence-corrected chi connectivity index (χ0v) is 7.63. The quantitative estimate of drug-likeness (QED) is 0.582. The minimum atomic E-state index is 0.517. The summed E-state index contributed by atoms with van der Waals surface area (Å²) >= 11 is 5.80. The molecule has 0 saturated heterocycles. The molecule has 0 aliphatic carbocycles. The fraction of sp³-hybridized carbons (Fsp3) is 0.250. The van der Waals surface area contributed by atoms with Crippen molar-refractivity contribution < 1.29 is 0 Å². The Hall–Kier alpha value is -1.09. The molecule has 0 radical (unpaired) electrons. The summed E-state index contributed by atoms with van der Waals surface area (Å²) in [4.78, 5) is 4.13. The second kappa shape index (κ2) is 2.45. The van der Waals surface area contributed by atoms with E-state index in [4.69, 9.17) is 11.6 Å². The van der Waals surface area contributed by atoms with Gasteiger partial charge in [-0.3, -0.25) is 4.68 Å². The highest BCUT2D eigenvalue weighted by Gasteiger charge is 2.04. The first-order valence-electron chi connectivity index (χ1n) is 3.63. The molecular formula is C8H8ClN3. The highest BCUT2D eigenvalue weighted by Crippen LogP contribution is 2.19. The third-order valence-corrected chi connectivity index (χ3v) is 2.10. The van der Waals surface area contributed by atoms with Crippen molar-refractivity contribution >= 4 is 22.5 Å². The van der Waals surface area contributed by atoms with Crippen LogP contribution in [0.15, 0.2) is 12.3 Å². The molecular weight excluding hydrogens is 174 g/mol. The highest BCUT2D eigenvalue weighted by atomic mass is 35.5. The number of aromatic nitrogens is 3. The molecule has 2 heterocycles. The third kappa shape index (κ3) is 0.975. The molecule has 0 fully saturated rings. The van der Waals surface area contributed by atoms with Gasteiger partial charge >= 0.3 is 0 Å². The molecule has 0 bridgehead atoms. The van der Waals surface area contributed by atoms with E-state index in [9.17, 15) is 0 Å². The molecule has 4 heteroatoms. The van der Waals surface area contributed by atoms with Gasteiger partial charge in [-0.15, -0.1) is 0 Å². The predicted molar refractivity (Wildman–Crippen MR) is 48.3 cm³/mol. The Morgan fingerprint density at radius 1 is 1.50 bits per heavy atom. The van der Waals surface area contributed by atoms with Gasteiger partial charge in [-0.2, -0.15) is 5.10 Å². The molecule has 0 aliphatic rings. The smallest absolute Gasteiger partial charge is 0.131 e. The van der Waals surface area contributed by atoms with Crippen molar-refractivity contribution in [1.82, 2.24) is 14.8 Å². The number of aryl methyl sites for hydroxylation is 2. The molecule has 0 aromatic carbocycles. The normalized spacial score (nSPS) is 10.9. The Bertz CT molecular complexity index is 433. The number of pyridine rings is 1. The molecule has 2 aromatic rings. The second-order valence-corrected chi connectivity index (χ2v) is 3.12. The third-order valence-electron chi connectivity index (χ3n) is 1.90. The number of hydrogen-bond acceptors (Lipinski definition) is 2. The van der Waals surface area contributed by atoms with E-state index >= 15 is 0 Å². The van der Waals surface area contributed by atoms with Gasteiger partial charge in [0.2, 0.25) is 0 Å². The highest BCUT2D eigenvalue weighted by molar-refractivity contribution is 6.30. The van der Waals surface area contributed by atoms with Gasteiger partial charge in [-0.25, -0.2) is 4.98 Å². The van der Waals surface area contributed by atoms with E-state index in [0.717, 1.165) is 16.6 Å². The summed E-state index contributed by atoms with van der Waals surface area (Å²) in [5, 5.41) is 5.69. The Kier molecular flexibility index (Phi) is 1.54. The van der Waals surface area contributed by atoms with Gasteiger partial charge in [0.25, 0.3) is 0 Å². The Balaban J connectivity index is 2.92. The Morgan fingerprint density at radius 3 is 3.00 bits per heavy atom. The SMILES string of the molecule is Cc1nc(Cl)cc2c1cnn2C. The zero-order chi connectivity index (χ0) is 8.72. The van der Waals surface area contributed by atoms with Crippen LogP contribution < -0.4 is 0 Å². The molecule has 2 aromatic heterocycles. The molecule has 0 aliphatic heterocycles. The summed E-state index contributed by atoms with van der Waals surface area (Å²) in [6.07, 6.45) is 1.80. The van der Waals surface area contributed by atoms with E-state index in [1.54, 1.807) is 10.9 Å². The van der Waals surface area contributed by atoms with E-state index in [2.05, 4.69) is 10.1 Å². The predicted octanol–water partition coefficient (Wildman–Crippen LogP) is 1.93. The minimum Gasteiger partial charge on any atom is -0.268 e. The van der Waals surface area contributed by atoms with Crippen LogP contribution in [0.3, 0.4) is 0 Å². The van der Waals surface area contributed by atoms with Crippen LogP contribution in [0.2, 0.25) is 5.15 Å². The molecule has 0 unspecified atom stereocenters. The summed E-state index contributed by atoms with van der Waals surface area (Å²) in [6, 6.07) is 1.82. The molecule has 62 valence electrons. The lowest BCUT2D eigenvalue weighted by Crippen LogP contribution is -1.90. The van der Waals surface area contributed by atoms with Gasteiger partial charge in [-0.05, 0) is 6.92 Å². The number of halogens is 1. The van der Waals surface area contributed by atoms with E-state index in [-0.39, 0.29) is 0 Å². The molecule has 0 N–H and O–H groups in total. The molecule has 0 amide bonds. The van der Waals surface area contributed by atoms with Gasteiger partial charge in [0, 0.05) is 18.5 Å². The number of hydrogen-bond donors (Lipinski definition) is 0. The number of rotatable bonds is 0. The van der Waals surface area contributed by atoms with Crippen molar-refractivity contribution in [1.29, 1.82) is 0 Å². The fourth-order valence-electron chi connectivity index (χ4n) is 1.26. The van der Waals surface area contributed by atoms with Gasteiger partial charge in [0.1, 0.15) is 5.15 Å². The van der Waals surface area contributed by atoms with Crippen molar-refractivity contribution in [2.24, 2.45) is 7.05 Å². The number of fused-ring (bicyclic) bond motifs is 1. The summed E-state index contributed by atoms with van der Waals surface area (Å²) in [7, 11) is 1.89. The monoisotopic (exact) mass is 181 g/mol. The summed E-state index contributed by atoms with van der Waals surface area (Å²) in [6.45, 7) is 1.93. The van der Waals surface area contributed by atoms with Crippen LogP contribution in [0, 0.1) is 6.92 Å².